The maximum Gasteiger partial charge on any atom is 0.264 e. The van der Waals surface area contributed by atoms with Gasteiger partial charge in [0.05, 0.1) is 23.8 Å². The summed E-state index contributed by atoms with van der Waals surface area (Å²) in [7, 11) is -3.79. The molecule has 0 unspecified atom stereocenters. The number of rotatable bonds is 8. The van der Waals surface area contributed by atoms with Crippen molar-refractivity contribution in [2.45, 2.75) is 69.9 Å². The van der Waals surface area contributed by atoms with Gasteiger partial charge in [-0.25, -0.2) is 8.42 Å². The SMILES string of the molecule is CCc1ccc2c(c1)CC[C@@H](CC)N2S(=O)(=O)c1ccc(OCC2CCOCC2)c(CO)c1. The lowest BCUT2D eigenvalue weighted by molar-refractivity contribution is 0.0494. The summed E-state index contributed by atoms with van der Waals surface area (Å²) >= 11 is 0. The fourth-order valence-electron chi connectivity index (χ4n) is 4.82. The summed E-state index contributed by atoms with van der Waals surface area (Å²) in [5.74, 6) is 0.957. The van der Waals surface area contributed by atoms with Gasteiger partial charge in [0.15, 0.2) is 0 Å². The maximum absolute atomic E-state index is 13.8. The Morgan fingerprint density at radius 2 is 1.88 bits per heavy atom. The first-order valence-corrected chi connectivity index (χ1v) is 13.5. The van der Waals surface area contributed by atoms with Crippen molar-refractivity contribution >= 4 is 15.7 Å². The predicted molar refractivity (Wildman–Crippen MR) is 129 cm³/mol. The minimum absolute atomic E-state index is 0.0861. The van der Waals surface area contributed by atoms with Crippen LogP contribution < -0.4 is 9.04 Å². The van der Waals surface area contributed by atoms with E-state index in [0.717, 1.165) is 63.0 Å². The molecule has 0 radical (unpaired) electrons. The first kappa shape index (κ1) is 24.0. The number of hydrogen-bond donors (Lipinski definition) is 1. The lowest BCUT2D eigenvalue weighted by Gasteiger charge is -2.37. The van der Waals surface area contributed by atoms with E-state index in [0.29, 0.717) is 23.8 Å². The lowest BCUT2D eigenvalue weighted by Crippen LogP contribution is -2.43. The van der Waals surface area contributed by atoms with Crippen LogP contribution in [0.3, 0.4) is 0 Å². The van der Waals surface area contributed by atoms with Crippen molar-refractivity contribution in [3.8, 4) is 5.75 Å². The number of ether oxygens (including phenoxy) is 2. The van der Waals surface area contributed by atoms with E-state index in [1.54, 1.807) is 22.5 Å². The van der Waals surface area contributed by atoms with Crippen LogP contribution >= 0.6 is 0 Å². The second kappa shape index (κ2) is 10.5. The molecule has 1 N–H and O–H groups in total. The van der Waals surface area contributed by atoms with Crippen molar-refractivity contribution in [2.24, 2.45) is 5.92 Å². The number of aliphatic hydroxyl groups excluding tert-OH is 1. The Kier molecular flexibility index (Phi) is 7.62. The Hall–Kier alpha value is -2.09. The van der Waals surface area contributed by atoms with Gasteiger partial charge in [-0.2, -0.15) is 0 Å². The van der Waals surface area contributed by atoms with Gasteiger partial charge in [-0.05, 0) is 79.8 Å². The quantitative estimate of drug-likeness (QED) is 0.612. The highest BCUT2D eigenvalue weighted by Crippen LogP contribution is 2.38. The highest BCUT2D eigenvalue weighted by Gasteiger charge is 2.35. The molecule has 1 fully saturated rings. The summed E-state index contributed by atoms with van der Waals surface area (Å²) in [6.07, 6.45) is 5.25. The van der Waals surface area contributed by atoms with E-state index < -0.39 is 10.0 Å². The van der Waals surface area contributed by atoms with Gasteiger partial charge in [-0.15, -0.1) is 0 Å². The van der Waals surface area contributed by atoms with Crippen LogP contribution in [-0.2, 0) is 34.2 Å². The summed E-state index contributed by atoms with van der Waals surface area (Å²) < 4.78 is 40.7. The molecule has 0 bridgehead atoms. The molecule has 2 aromatic carbocycles. The highest BCUT2D eigenvalue weighted by atomic mass is 32.2. The summed E-state index contributed by atoms with van der Waals surface area (Å²) in [5.41, 5.74) is 3.57. The van der Waals surface area contributed by atoms with Gasteiger partial charge in [0, 0.05) is 24.8 Å². The summed E-state index contributed by atoms with van der Waals surface area (Å²) in [6, 6.07) is 10.9. The van der Waals surface area contributed by atoms with E-state index in [2.05, 4.69) is 13.0 Å². The van der Waals surface area contributed by atoms with E-state index in [1.165, 1.54) is 5.56 Å². The highest BCUT2D eigenvalue weighted by molar-refractivity contribution is 7.92. The number of anilines is 1. The zero-order chi connectivity index (χ0) is 23.4. The third-order valence-corrected chi connectivity index (χ3v) is 8.78. The Morgan fingerprint density at radius 1 is 1.09 bits per heavy atom. The maximum atomic E-state index is 13.8. The van der Waals surface area contributed by atoms with Crippen LogP contribution in [0.15, 0.2) is 41.3 Å². The molecular weight excluding hydrogens is 438 g/mol. The fraction of sp³-hybridized carbons (Fsp3) is 0.538. The summed E-state index contributed by atoms with van der Waals surface area (Å²) in [4.78, 5) is 0.191. The van der Waals surface area contributed by atoms with Gasteiger partial charge in [0.1, 0.15) is 5.75 Å². The predicted octanol–water partition coefficient (Wildman–Crippen LogP) is 4.47. The van der Waals surface area contributed by atoms with Crippen LogP contribution in [0.1, 0.15) is 56.2 Å². The van der Waals surface area contributed by atoms with Crippen molar-refractivity contribution < 1.29 is 23.0 Å². The minimum atomic E-state index is -3.79. The molecule has 33 heavy (non-hydrogen) atoms. The van der Waals surface area contributed by atoms with E-state index in [4.69, 9.17) is 9.47 Å². The molecule has 2 aliphatic rings. The third-order valence-electron chi connectivity index (χ3n) is 6.91. The second-order valence-electron chi connectivity index (χ2n) is 9.01. The molecule has 0 aromatic heterocycles. The number of aliphatic hydroxyl groups is 1. The third kappa shape index (κ3) is 5.05. The van der Waals surface area contributed by atoms with E-state index in [9.17, 15) is 13.5 Å². The molecule has 2 heterocycles. The molecule has 1 atom stereocenters. The van der Waals surface area contributed by atoms with Crippen molar-refractivity contribution in [2.75, 3.05) is 24.1 Å². The first-order valence-electron chi connectivity index (χ1n) is 12.1. The average molecular weight is 474 g/mol. The fourth-order valence-corrected chi connectivity index (χ4v) is 6.66. The van der Waals surface area contributed by atoms with Crippen LogP contribution in [0.2, 0.25) is 0 Å². The van der Waals surface area contributed by atoms with Gasteiger partial charge < -0.3 is 14.6 Å². The summed E-state index contributed by atoms with van der Waals surface area (Å²) in [5, 5.41) is 9.96. The molecule has 0 amide bonds. The monoisotopic (exact) mass is 473 g/mol. The molecule has 7 heteroatoms. The number of hydrogen-bond acceptors (Lipinski definition) is 5. The standard InChI is InChI=1S/C26H35NO5S/c1-3-19-5-9-25-21(15-19)6-7-23(4-2)27(25)33(29,30)24-8-10-26(22(16-24)17-28)32-18-20-11-13-31-14-12-20/h5,8-10,15-16,20,23,28H,3-4,6-7,11-14,17-18H2,1-2H3/t23-/m1/s1. The Balaban J connectivity index is 1.63. The first-order chi connectivity index (χ1) is 16.0. The molecule has 0 spiro atoms. The van der Waals surface area contributed by atoms with E-state index in [1.807, 2.05) is 19.1 Å². The number of aryl methyl sites for hydroxylation is 2. The van der Waals surface area contributed by atoms with E-state index in [-0.39, 0.29) is 17.5 Å². The van der Waals surface area contributed by atoms with Crippen LogP contribution in [0.5, 0.6) is 5.75 Å². The molecule has 4 rings (SSSR count). The number of nitrogens with zero attached hydrogens (tertiary/aromatic N) is 1. The van der Waals surface area contributed by atoms with Gasteiger partial charge in [0.25, 0.3) is 10.0 Å². The smallest absolute Gasteiger partial charge is 0.264 e. The number of benzene rings is 2. The molecule has 2 aliphatic heterocycles. The molecule has 2 aromatic rings. The molecular formula is C26H35NO5S. The second-order valence-corrected chi connectivity index (χ2v) is 10.8. The van der Waals surface area contributed by atoms with Gasteiger partial charge in [-0.3, -0.25) is 4.31 Å². The largest absolute Gasteiger partial charge is 0.493 e. The van der Waals surface area contributed by atoms with Gasteiger partial charge >= 0.3 is 0 Å². The molecule has 0 saturated carbocycles. The number of fused-ring (bicyclic) bond motifs is 1. The van der Waals surface area contributed by atoms with Crippen LogP contribution in [0.4, 0.5) is 5.69 Å². The zero-order valence-corrected chi connectivity index (χ0v) is 20.4. The summed E-state index contributed by atoms with van der Waals surface area (Å²) in [6.45, 7) is 5.89. The average Bonchev–Trinajstić information content (AvgIpc) is 2.86. The Labute approximate surface area is 197 Å². The van der Waals surface area contributed by atoms with Gasteiger partial charge in [0.2, 0.25) is 0 Å². The van der Waals surface area contributed by atoms with Crippen molar-refractivity contribution in [3.63, 3.8) is 0 Å². The topological polar surface area (TPSA) is 76.1 Å². The van der Waals surface area contributed by atoms with Crippen LogP contribution in [0.25, 0.3) is 0 Å². The lowest BCUT2D eigenvalue weighted by atomic mass is 9.94. The Bertz CT molecular complexity index is 1060. The molecule has 6 nitrogen and oxygen atoms in total. The van der Waals surface area contributed by atoms with E-state index >= 15 is 0 Å². The van der Waals surface area contributed by atoms with Crippen molar-refractivity contribution in [3.05, 3.63) is 53.1 Å². The van der Waals surface area contributed by atoms with Gasteiger partial charge in [-0.1, -0.05) is 26.0 Å². The minimum Gasteiger partial charge on any atom is -0.493 e. The number of sulfonamides is 1. The molecule has 1 saturated heterocycles. The van der Waals surface area contributed by atoms with Crippen molar-refractivity contribution in [1.82, 2.24) is 0 Å². The van der Waals surface area contributed by atoms with Crippen LogP contribution in [0, 0.1) is 5.92 Å². The Morgan fingerprint density at radius 3 is 2.58 bits per heavy atom. The normalized spacial score (nSPS) is 19.4. The van der Waals surface area contributed by atoms with Crippen LogP contribution in [-0.4, -0.2) is 39.4 Å². The molecule has 0 aliphatic carbocycles. The molecule has 180 valence electrons. The van der Waals surface area contributed by atoms with Crippen molar-refractivity contribution in [1.29, 1.82) is 0 Å². The zero-order valence-electron chi connectivity index (χ0n) is 19.6.